The molecule has 3 aromatic rings. The van der Waals surface area contributed by atoms with Gasteiger partial charge in [-0.3, -0.25) is 4.79 Å². The number of ether oxygens (including phenoxy) is 2. The van der Waals surface area contributed by atoms with Crippen LogP contribution in [0.1, 0.15) is 25.7 Å². The summed E-state index contributed by atoms with van der Waals surface area (Å²) in [5, 5.41) is 3.78. The fourth-order valence-electron chi connectivity index (χ4n) is 5.03. The zero-order valence-corrected chi connectivity index (χ0v) is 22.0. The lowest BCUT2D eigenvalue weighted by molar-refractivity contribution is -0.120. The van der Waals surface area contributed by atoms with Crippen LogP contribution < -0.4 is 19.7 Å². The van der Waals surface area contributed by atoms with Gasteiger partial charge < -0.3 is 19.7 Å². The molecule has 9 nitrogen and oxygen atoms in total. The molecule has 2 fully saturated rings. The number of piperidine rings is 1. The van der Waals surface area contributed by atoms with Gasteiger partial charge in [-0.15, -0.1) is 0 Å². The minimum atomic E-state index is -3.48. The lowest BCUT2D eigenvalue weighted by Gasteiger charge is -2.33. The zero-order valence-electron chi connectivity index (χ0n) is 21.1. The number of rotatable bonds is 7. The van der Waals surface area contributed by atoms with Gasteiger partial charge in [0.05, 0.1) is 30.5 Å². The van der Waals surface area contributed by atoms with Gasteiger partial charge in [0.1, 0.15) is 17.3 Å². The quantitative estimate of drug-likeness (QED) is 0.500. The predicted molar refractivity (Wildman–Crippen MR) is 143 cm³/mol. The van der Waals surface area contributed by atoms with Gasteiger partial charge in [-0.2, -0.15) is 4.31 Å². The molecular weight excluding hydrogens is 492 g/mol. The third-order valence-corrected chi connectivity index (χ3v) is 8.98. The fourth-order valence-corrected chi connectivity index (χ4v) is 6.58. The number of nitrogens with one attached hydrogen (secondary N) is 1. The van der Waals surface area contributed by atoms with Crippen molar-refractivity contribution in [1.82, 2.24) is 9.29 Å². The summed E-state index contributed by atoms with van der Waals surface area (Å²) < 4.78 is 38.0. The average Bonchev–Trinajstić information content (AvgIpc) is 3.48. The smallest absolute Gasteiger partial charge is 0.243 e. The maximum absolute atomic E-state index is 13.1. The second kappa shape index (κ2) is 10.5. The second-order valence-electron chi connectivity index (χ2n) is 9.51. The maximum Gasteiger partial charge on any atom is 0.243 e. The first-order valence-corrected chi connectivity index (χ1v) is 14.0. The first-order valence-electron chi connectivity index (χ1n) is 12.6. The number of aromatic nitrogens is 1. The second-order valence-corrected chi connectivity index (χ2v) is 11.4. The monoisotopic (exact) mass is 524 g/mol. The highest BCUT2D eigenvalue weighted by molar-refractivity contribution is 7.89. The van der Waals surface area contributed by atoms with Gasteiger partial charge in [-0.05, 0) is 56.0 Å². The van der Waals surface area contributed by atoms with Gasteiger partial charge in [0.2, 0.25) is 15.9 Å². The van der Waals surface area contributed by atoms with E-state index in [-0.39, 0.29) is 11.8 Å². The molecule has 1 N–H and O–H groups in total. The first kappa shape index (κ1) is 25.3. The van der Waals surface area contributed by atoms with Crippen LogP contribution in [0.15, 0.2) is 53.4 Å². The van der Waals surface area contributed by atoms with Crippen LogP contribution >= 0.6 is 0 Å². The Hall–Kier alpha value is -3.37. The van der Waals surface area contributed by atoms with Crippen LogP contribution in [0.25, 0.3) is 10.9 Å². The number of pyridine rings is 1. The van der Waals surface area contributed by atoms with E-state index < -0.39 is 10.0 Å². The van der Waals surface area contributed by atoms with Gasteiger partial charge in [0, 0.05) is 55.5 Å². The summed E-state index contributed by atoms with van der Waals surface area (Å²) in [6, 6.07) is 14.2. The number of anilines is 2. The summed E-state index contributed by atoms with van der Waals surface area (Å²) in [7, 11) is -0.332. The van der Waals surface area contributed by atoms with Crippen molar-refractivity contribution in [3.8, 4) is 11.5 Å². The van der Waals surface area contributed by atoms with E-state index in [9.17, 15) is 13.2 Å². The maximum atomic E-state index is 13.1. The Bertz CT molecular complexity index is 1380. The van der Waals surface area contributed by atoms with E-state index in [4.69, 9.17) is 14.5 Å². The Morgan fingerprint density at radius 2 is 1.68 bits per heavy atom. The molecule has 0 spiro atoms. The fraction of sp³-hybridized carbons (Fsp3) is 0.407. The summed E-state index contributed by atoms with van der Waals surface area (Å²) in [5.74, 6) is 1.74. The molecule has 0 radical (unpaired) electrons. The van der Waals surface area contributed by atoms with Crippen molar-refractivity contribution >= 4 is 38.3 Å². The number of amides is 1. The molecule has 10 heteroatoms. The highest BCUT2D eigenvalue weighted by Crippen LogP contribution is 2.29. The molecule has 196 valence electrons. The van der Waals surface area contributed by atoms with Crippen LogP contribution in [0.4, 0.5) is 11.5 Å². The Balaban J connectivity index is 1.30. The molecule has 2 aliphatic heterocycles. The Morgan fingerprint density at radius 1 is 0.946 bits per heavy atom. The Kier molecular flexibility index (Phi) is 7.21. The van der Waals surface area contributed by atoms with E-state index in [1.165, 1.54) is 0 Å². The first-order chi connectivity index (χ1) is 17.9. The molecule has 2 saturated heterocycles. The molecule has 0 saturated carbocycles. The SMILES string of the molecule is COc1cc(NC(=O)[C@H]2CCCN(c3ccc4cc(S(=O)(=O)N5CCCC5)ccc4n3)C2)cc(OC)c1. The van der Waals surface area contributed by atoms with Crippen LogP contribution in [0.5, 0.6) is 11.5 Å². The van der Waals surface area contributed by atoms with Crippen LogP contribution in [0.2, 0.25) is 0 Å². The number of hydrogen-bond acceptors (Lipinski definition) is 7. The van der Waals surface area contributed by atoms with Crippen molar-refractivity contribution in [2.75, 3.05) is 50.6 Å². The van der Waals surface area contributed by atoms with E-state index in [0.717, 1.165) is 48.9 Å². The molecule has 3 heterocycles. The lowest BCUT2D eigenvalue weighted by Crippen LogP contribution is -2.41. The highest BCUT2D eigenvalue weighted by Gasteiger charge is 2.29. The average molecular weight is 525 g/mol. The van der Waals surface area contributed by atoms with Crippen LogP contribution in [0, 0.1) is 5.92 Å². The third kappa shape index (κ3) is 5.35. The van der Waals surface area contributed by atoms with Crippen molar-refractivity contribution in [2.45, 2.75) is 30.6 Å². The number of benzene rings is 2. The summed E-state index contributed by atoms with van der Waals surface area (Å²) >= 11 is 0. The molecule has 2 aliphatic rings. The van der Waals surface area contributed by atoms with Crippen molar-refractivity contribution < 1.29 is 22.7 Å². The molecule has 0 aliphatic carbocycles. The molecular formula is C27H32N4O5S. The van der Waals surface area contributed by atoms with Crippen LogP contribution in [0.3, 0.4) is 0 Å². The molecule has 37 heavy (non-hydrogen) atoms. The number of hydrogen-bond donors (Lipinski definition) is 1. The number of nitrogens with zero attached hydrogens (tertiary/aromatic N) is 3. The summed E-state index contributed by atoms with van der Waals surface area (Å²) in [6.07, 6.45) is 3.46. The summed E-state index contributed by atoms with van der Waals surface area (Å²) in [6.45, 7) is 2.50. The third-order valence-electron chi connectivity index (χ3n) is 7.08. The van der Waals surface area contributed by atoms with E-state index >= 15 is 0 Å². The summed E-state index contributed by atoms with van der Waals surface area (Å²) in [5.41, 5.74) is 1.36. The Labute approximate surface area is 217 Å². The minimum Gasteiger partial charge on any atom is -0.497 e. The van der Waals surface area contributed by atoms with Gasteiger partial charge in [0.15, 0.2) is 0 Å². The van der Waals surface area contributed by atoms with Crippen LogP contribution in [-0.2, 0) is 14.8 Å². The van der Waals surface area contributed by atoms with Crippen LogP contribution in [-0.4, -0.2) is 64.0 Å². The van der Waals surface area contributed by atoms with Gasteiger partial charge in [-0.1, -0.05) is 0 Å². The standard InChI is InChI=1S/C27H32N4O5S/c1-35-22-15-21(16-23(17-22)36-2)28-27(32)20-6-5-11-30(18-20)26-10-7-19-14-24(8-9-25(19)29-26)37(33,34)31-12-3-4-13-31/h7-10,14-17,20H,3-6,11-13,18H2,1-2H3,(H,28,32)/t20-/m0/s1. The molecule has 0 bridgehead atoms. The van der Waals surface area contributed by atoms with E-state index in [2.05, 4.69) is 10.2 Å². The number of methoxy groups -OCH3 is 2. The van der Waals surface area contributed by atoms with E-state index in [1.54, 1.807) is 54.9 Å². The molecule has 5 rings (SSSR count). The number of sulfonamides is 1. The largest absolute Gasteiger partial charge is 0.497 e. The number of carbonyl (C=O) groups excluding carboxylic acids is 1. The molecule has 2 aromatic carbocycles. The topological polar surface area (TPSA) is 101 Å². The predicted octanol–water partition coefficient (Wildman–Crippen LogP) is 3.89. The van der Waals surface area contributed by atoms with Crippen molar-refractivity contribution in [3.05, 3.63) is 48.5 Å². The van der Waals surface area contributed by atoms with Crippen molar-refractivity contribution in [1.29, 1.82) is 0 Å². The molecule has 0 unspecified atom stereocenters. The molecule has 1 aromatic heterocycles. The number of fused-ring (bicyclic) bond motifs is 1. The van der Waals surface area contributed by atoms with E-state index in [0.29, 0.717) is 41.7 Å². The lowest BCUT2D eigenvalue weighted by atomic mass is 9.97. The highest BCUT2D eigenvalue weighted by atomic mass is 32.2. The Morgan fingerprint density at radius 3 is 2.38 bits per heavy atom. The van der Waals surface area contributed by atoms with Gasteiger partial charge in [-0.25, -0.2) is 13.4 Å². The van der Waals surface area contributed by atoms with E-state index in [1.807, 2.05) is 12.1 Å². The molecule has 1 atom stereocenters. The van der Waals surface area contributed by atoms with Crippen molar-refractivity contribution in [2.24, 2.45) is 5.92 Å². The summed E-state index contributed by atoms with van der Waals surface area (Å²) in [4.78, 5) is 20.3. The number of carbonyl (C=O) groups is 1. The molecule has 1 amide bonds. The van der Waals surface area contributed by atoms with Gasteiger partial charge >= 0.3 is 0 Å². The van der Waals surface area contributed by atoms with Crippen molar-refractivity contribution in [3.63, 3.8) is 0 Å². The normalized spacial score (nSPS) is 18.6. The minimum absolute atomic E-state index is 0.0578. The van der Waals surface area contributed by atoms with Gasteiger partial charge in [0.25, 0.3) is 0 Å². The zero-order chi connectivity index (χ0) is 26.0.